The van der Waals surface area contributed by atoms with Crippen molar-refractivity contribution in [3.05, 3.63) is 71.9 Å². The summed E-state index contributed by atoms with van der Waals surface area (Å²) in [5.41, 5.74) is 1.89. The zero-order valence-electron chi connectivity index (χ0n) is 19.5. The molecule has 1 aliphatic rings. The molecule has 0 unspecified atom stereocenters. The Morgan fingerprint density at radius 1 is 0.972 bits per heavy atom. The fourth-order valence-corrected chi connectivity index (χ4v) is 4.11. The molecule has 3 aromatic rings. The van der Waals surface area contributed by atoms with Gasteiger partial charge in [0.1, 0.15) is 5.69 Å². The first-order valence-electron chi connectivity index (χ1n) is 11.7. The molecule has 10 nitrogen and oxygen atoms in total. The maximum atomic E-state index is 12.9. The van der Waals surface area contributed by atoms with Gasteiger partial charge >= 0.3 is 0 Å². The number of aromatic amines is 1. The molecular weight excluding hydrogens is 462 g/mol. The monoisotopic (exact) mass is 489 g/mol. The molecule has 10 heteroatoms. The summed E-state index contributed by atoms with van der Waals surface area (Å²) >= 11 is 0. The lowest BCUT2D eigenvalue weighted by atomic mass is 9.95. The second-order valence-electron chi connectivity index (χ2n) is 8.62. The molecular formula is C26H27N5O5. The van der Waals surface area contributed by atoms with E-state index < -0.39 is 42.0 Å². The summed E-state index contributed by atoms with van der Waals surface area (Å²) in [7, 11) is 0. The minimum atomic E-state index is -1.20. The van der Waals surface area contributed by atoms with Crippen LogP contribution in [0.1, 0.15) is 28.9 Å². The van der Waals surface area contributed by atoms with E-state index in [-0.39, 0.29) is 18.9 Å². The Kier molecular flexibility index (Phi) is 7.74. The second-order valence-corrected chi connectivity index (χ2v) is 8.62. The van der Waals surface area contributed by atoms with Crippen molar-refractivity contribution in [1.29, 1.82) is 0 Å². The number of carbonyl (C=O) groups excluding carboxylic acids is 5. The Morgan fingerprint density at radius 3 is 2.44 bits per heavy atom. The van der Waals surface area contributed by atoms with Gasteiger partial charge in [-0.1, -0.05) is 48.5 Å². The Hall–Kier alpha value is -4.47. The maximum absolute atomic E-state index is 12.9. The smallest absolute Gasteiger partial charge is 0.289 e. The van der Waals surface area contributed by atoms with Crippen LogP contribution in [0.15, 0.2) is 60.7 Å². The van der Waals surface area contributed by atoms with E-state index in [4.69, 9.17) is 0 Å². The number of aromatic nitrogens is 1. The van der Waals surface area contributed by atoms with E-state index in [2.05, 4.69) is 26.3 Å². The molecule has 2 aromatic carbocycles. The van der Waals surface area contributed by atoms with E-state index >= 15 is 0 Å². The highest BCUT2D eigenvalue weighted by Gasteiger charge is 2.34. The average molecular weight is 490 g/mol. The van der Waals surface area contributed by atoms with Crippen molar-refractivity contribution < 1.29 is 24.0 Å². The SMILES string of the molecule is O=C(CNC(=O)c1cc2ccccc2[nH]1)N[C@@H](C[C@@H]1CCNC1=O)C(=O)C(=O)NCc1ccccc1. The molecule has 2 heterocycles. The number of H-pyrrole nitrogens is 1. The molecule has 1 saturated heterocycles. The summed E-state index contributed by atoms with van der Waals surface area (Å²) in [6.07, 6.45) is 0.492. The third-order valence-corrected chi connectivity index (χ3v) is 6.04. The van der Waals surface area contributed by atoms with Gasteiger partial charge < -0.3 is 26.3 Å². The van der Waals surface area contributed by atoms with Gasteiger partial charge in [0.2, 0.25) is 17.6 Å². The van der Waals surface area contributed by atoms with Gasteiger partial charge in [0.15, 0.2) is 0 Å². The van der Waals surface area contributed by atoms with Crippen molar-refractivity contribution in [3.63, 3.8) is 0 Å². The molecule has 186 valence electrons. The number of carbonyl (C=O) groups is 5. The number of rotatable bonds is 10. The molecule has 36 heavy (non-hydrogen) atoms. The number of hydrogen-bond donors (Lipinski definition) is 5. The van der Waals surface area contributed by atoms with Crippen molar-refractivity contribution >= 4 is 40.3 Å². The molecule has 0 radical (unpaired) electrons. The maximum Gasteiger partial charge on any atom is 0.289 e. The quantitative estimate of drug-likeness (QED) is 0.267. The fraction of sp³-hybridized carbons (Fsp3) is 0.269. The number of nitrogens with one attached hydrogen (secondary N) is 5. The first-order valence-corrected chi connectivity index (χ1v) is 11.7. The van der Waals surface area contributed by atoms with Gasteiger partial charge in [-0.2, -0.15) is 0 Å². The van der Waals surface area contributed by atoms with Crippen LogP contribution in [0.4, 0.5) is 0 Å². The first-order chi connectivity index (χ1) is 17.4. The predicted molar refractivity (Wildman–Crippen MR) is 132 cm³/mol. The molecule has 0 saturated carbocycles. The zero-order chi connectivity index (χ0) is 25.5. The first kappa shape index (κ1) is 24.6. The van der Waals surface area contributed by atoms with Gasteiger partial charge in [-0.25, -0.2) is 0 Å². The normalized spacial score (nSPS) is 15.7. The summed E-state index contributed by atoms with van der Waals surface area (Å²) < 4.78 is 0. The molecule has 4 amide bonds. The van der Waals surface area contributed by atoms with Gasteiger partial charge in [-0.15, -0.1) is 0 Å². The molecule has 1 fully saturated rings. The topological polar surface area (TPSA) is 149 Å². The second kappa shape index (κ2) is 11.3. The van der Waals surface area contributed by atoms with Crippen molar-refractivity contribution in [2.75, 3.05) is 13.1 Å². The van der Waals surface area contributed by atoms with Crippen molar-refractivity contribution in [2.45, 2.75) is 25.4 Å². The molecule has 2 atom stereocenters. The van der Waals surface area contributed by atoms with Gasteiger partial charge in [0.05, 0.1) is 12.6 Å². The number of ketones is 1. The van der Waals surface area contributed by atoms with Gasteiger partial charge in [-0.3, -0.25) is 24.0 Å². The summed E-state index contributed by atoms with van der Waals surface area (Å²) in [5, 5.41) is 11.1. The molecule has 1 aromatic heterocycles. The lowest BCUT2D eigenvalue weighted by Gasteiger charge is -2.20. The van der Waals surface area contributed by atoms with Gasteiger partial charge in [0, 0.05) is 29.9 Å². The van der Waals surface area contributed by atoms with Crippen LogP contribution in [0, 0.1) is 5.92 Å². The van der Waals surface area contributed by atoms with Crippen LogP contribution in [0.25, 0.3) is 10.9 Å². The van der Waals surface area contributed by atoms with E-state index in [9.17, 15) is 24.0 Å². The highest BCUT2D eigenvalue weighted by molar-refractivity contribution is 6.38. The Balaban J connectivity index is 1.36. The third-order valence-electron chi connectivity index (χ3n) is 6.04. The van der Waals surface area contributed by atoms with Crippen molar-refractivity contribution in [3.8, 4) is 0 Å². The Bertz CT molecular complexity index is 1250. The zero-order valence-corrected chi connectivity index (χ0v) is 19.5. The Labute approximate surface area is 207 Å². The van der Waals surface area contributed by atoms with Crippen LogP contribution in [-0.2, 0) is 25.7 Å². The third kappa shape index (κ3) is 6.15. The predicted octanol–water partition coefficient (Wildman–Crippen LogP) is 0.794. The van der Waals surface area contributed by atoms with Gasteiger partial charge in [-0.05, 0) is 30.5 Å². The number of amides is 4. The highest BCUT2D eigenvalue weighted by atomic mass is 16.2. The molecule has 5 N–H and O–H groups in total. The number of Topliss-reactive ketones (excluding diaryl/α,β-unsaturated/α-hetero) is 1. The number of benzene rings is 2. The van der Waals surface area contributed by atoms with E-state index in [1.165, 1.54) is 0 Å². The fourth-order valence-electron chi connectivity index (χ4n) is 4.11. The van der Waals surface area contributed by atoms with Gasteiger partial charge in [0.25, 0.3) is 11.8 Å². The summed E-state index contributed by atoms with van der Waals surface area (Å²) in [4.78, 5) is 65.6. The van der Waals surface area contributed by atoms with Crippen LogP contribution in [0.5, 0.6) is 0 Å². The minimum Gasteiger partial charge on any atom is -0.356 e. The summed E-state index contributed by atoms with van der Waals surface area (Å²) in [5.74, 6) is -3.56. The van der Waals surface area contributed by atoms with Crippen molar-refractivity contribution in [2.24, 2.45) is 5.92 Å². The molecule has 4 rings (SSSR count). The van der Waals surface area contributed by atoms with Crippen LogP contribution in [-0.4, -0.2) is 53.5 Å². The van der Waals surface area contributed by atoms with Crippen LogP contribution in [0.2, 0.25) is 0 Å². The van der Waals surface area contributed by atoms with E-state index in [0.29, 0.717) is 18.7 Å². The number of hydrogen-bond acceptors (Lipinski definition) is 5. The highest BCUT2D eigenvalue weighted by Crippen LogP contribution is 2.17. The van der Waals surface area contributed by atoms with E-state index in [1.807, 2.05) is 54.6 Å². The van der Waals surface area contributed by atoms with Crippen LogP contribution < -0.4 is 21.3 Å². The standard InChI is InChI=1S/C26H27N5O5/c32-22(15-29-25(35)21-12-17-8-4-5-9-19(17)30-21)31-20(13-18-10-11-27-24(18)34)23(33)26(36)28-14-16-6-2-1-3-7-16/h1-9,12,18,20,30H,10-11,13-15H2,(H,27,34)(H,28,36)(H,29,35)(H,31,32)/t18-,20-/m0/s1. The lowest BCUT2D eigenvalue weighted by molar-refractivity contribution is -0.140. The largest absolute Gasteiger partial charge is 0.356 e. The molecule has 1 aliphatic heterocycles. The minimum absolute atomic E-state index is 0.00880. The molecule has 0 aliphatic carbocycles. The number of fused-ring (bicyclic) bond motifs is 1. The van der Waals surface area contributed by atoms with E-state index in [0.717, 1.165) is 16.5 Å². The lowest BCUT2D eigenvalue weighted by Crippen LogP contribution is -2.51. The number of para-hydroxylation sites is 1. The molecule has 0 spiro atoms. The summed E-state index contributed by atoms with van der Waals surface area (Å²) in [6.45, 7) is 0.218. The average Bonchev–Trinajstić information content (AvgIpc) is 3.51. The van der Waals surface area contributed by atoms with Crippen molar-refractivity contribution in [1.82, 2.24) is 26.3 Å². The molecule has 0 bridgehead atoms. The van der Waals surface area contributed by atoms with Crippen LogP contribution in [0.3, 0.4) is 0 Å². The van der Waals surface area contributed by atoms with E-state index in [1.54, 1.807) is 6.07 Å². The Morgan fingerprint density at radius 2 is 1.72 bits per heavy atom. The summed E-state index contributed by atoms with van der Waals surface area (Å²) in [6, 6.07) is 16.9. The van der Waals surface area contributed by atoms with Crippen LogP contribution >= 0.6 is 0 Å².